The fourth-order valence-electron chi connectivity index (χ4n) is 0. The first-order valence-corrected chi connectivity index (χ1v) is 1.10. The molecule has 0 aliphatic heterocycles. The molecule has 0 aromatic rings. The molecular formula is H18Al2N2O15+4. The van der Waals surface area contributed by atoms with Crippen LogP contribution in [0.2, 0.25) is 0 Å². The molecule has 0 saturated carbocycles. The summed E-state index contributed by atoms with van der Waals surface area (Å²) in [4.78, 5) is 16.5. The van der Waals surface area contributed by atoms with Gasteiger partial charge in [-0.3, -0.25) is 0 Å². The molecule has 0 aliphatic carbocycles. The molecule has 0 unspecified atom stereocenters. The molecule has 0 saturated heterocycles. The van der Waals surface area contributed by atoms with Gasteiger partial charge >= 0.3 is 34.7 Å². The Morgan fingerprint density at radius 3 is 0.421 bits per heavy atom. The fraction of sp³-hybridized carbons (Fsp3) is 0. The molecule has 18 N–H and O–H groups in total. The van der Waals surface area contributed by atoms with Crippen LogP contribution in [0.5, 0.6) is 0 Å². The summed E-state index contributed by atoms with van der Waals surface area (Å²) in [6, 6.07) is 0. The van der Waals surface area contributed by atoms with E-state index in [0.717, 1.165) is 0 Å². The maximum atomic E-state index is 8.25. The molecular weight excluding hydrogens is 322 g/mol. The van der Waals surface area contributed by atoms with Gasteiger partial charge in [0.2, 0.25) is 0 Å². The van der Waals surface area contributed by atoms with Gasteiger partial charge < -0.3 is 79.9 Å². The van der Waals surface area contributed by atoms with Crippen molar-refractivity contribution in [1.29, 1.82) is 0 Å². The molecule has 0 aromatic heterocycles. The van der Waals surface area contributed by atoms with Gasteiger partial charge in [-0.15, -0.1) is 0 Å². The molecule has 0 rings (SSSR count). The monoisotopic (exact) mass is 340 g/mol. The number of hydrogen-bond donors (Lipinski definition) is 0. The Balaban J connectivity index is -0.00000000218. The molecule has 0 fully saturated rings. The number of rotatable bonds is 0. The largest absolute Gasteiger partial charge is 3.00 e. The molecule has 0 spiro atoms. The molecule has 0 heterocycles. The van der Waals surface area contributed by atoms with Crippen LogP contribution < -0.4 is 0 Å². The third-order valence-electron chi connectivity index (χ3n) is 0. The zero-order valence-electron chi connectivity index (χ0n) is 9.00. The molecule has 17 nitrogen and oxygen atoms in total. The Kier molecular flexibility index (Phi) is 1820. The first-order chi connectivity index (χ1) is 3.46. The van der Waals surface area contributed by atoms with Gasteiger partial charge in [0.1, 0.15) is 0 Å². The van der Waals surface area contributed by atoms with E-state index in [1.807, 2.05) is 0 Å². The molecule has 0 radical (unpaired) electrons. The normalized spacial score (nSPS) is 2.53. The van der Waals surface area contributed by atoms with Gasteiger partial charge in [0.05, 0.1) is 10.2 Å². The predicted octanol–water partition coefficient (Wildman–Crippen LogP) is -8.66. The second-order valence-corrected chi connectivity index (χ2v) is 0.447. The summed E-state index contributed by atoms with van der Waals surface area (Å²) in [5, 5.41) is 29.5. The van der Waals surface area contributed by atoms with E-state index >= 15 is 0 Å². The van der Waals surface area contributed by atoms with Gasteiger partial charge in [-0.25, -0.2) is 0 Å². The van der Waals surface area contributed by atoms with Crippen molar-refractivity contribution in [1.82, 2.24) is 0 Å². The first-order valence-electron chi connectivity index (χ1n) is 1.10. The SMILES string of the molecule is O.O.O.O.O.O.O.O.O.O=[N+]([O-])[O-].O=[N+]([O-])[O-].[Al+3].[Al+3]. The minimum atomic E-state index is -1.75. The van der Waals surface area contributed by atoms with Crippen LogP contribution in [0.3, 0.4) is 0 Å². The predicted molar refractivity (Wildman–Crippen MR) is 64.8 cm³/mol. The van der Waals surface area contributed by atoms with Crippen molar-refractivity contribution in [2.45, 2.75) is 0 Å². The summed E-state index contributed by atoms with van der Waals surface area (Å²) < 4.78 is 0. The molecule has 0 bridgehead atoms. The standard InChI is InChI=1S/2Al.2NO3.9H2O/c;;2*2-1(3)4;;;;;;;;;/h;;;;9*1H2/q2*+3;2*-1;;;;;;;;;. The van der Waals surface area contributed by atoms with Crippen LogP contribution >= 0.6 is 0 Å². The van der Waals surface area contributed by atoms with Gasteiger partial charge in [-0.2, -0.15) is 0 Å². The summed E-state index contributed by atoms with van der Waals surface area (Å²) in [6.45, 7) is 0. The average molecular weight is 340 g/mol. The minimum Gasteiger partial charge on any atom is -0.412 e. The van der Waals surface area contributed by atoms with Gasteiger partial charge in [0, 0.05) is 0 Å². The summed E-state index contributed by atoms with van der Waals surface area (Å²) in [5.74, 6) is 0. The summed E-state index contributed by atoms with van der Waals surface area (Å²) in [7, 11) is 0. The molecule has 0 aliphatic rings. The second kappa shape index (κ2) is 170. The topological polar surface area (TPSA) is 416 Å². The van der Waals surface area contributed by atoms with Crippen molar-refractivity contribution in [3.63, 3.8) is 0 Å². The zero-order chi connectivity index (χ0) is 7.15. The first kappa shape index (κ1) is 203. The van der Waals surface area contributed by atoms with Gasteiger partial charge in [-0.05, 0) is 0 Å². The quantitative estimate of drug-likeness (QED) is 0.233. The Hall–Kier alpha value is -0.895. The van der Waals surface area contributed by atoms with E-state index in [9.17, 15) is 0 Å². The van der Waals surface area contributed by atoms with Crippen LogP contribution in [0.1, 0.15) is 0 Å². The number of hydrogen-bond acceptors (Lipinski definition) is 6. The van der Waals surface area contributed by atoms with E-state index < -0.39 is 10.2 Å². The van der Waals surface area contributed by atoms with Crippen LogP contribution in [0, 0.1) is 30.6 Å². The van der Waals surface area contributed by atoms with E-state index in [4.69, 9.17) is 30.6 Å². The Bertz CT molecular complexity index is 76.1. The summed E-state index contributed by atoms with van der Waals surface area (Å²) in [5.41, 5.74) is 0. The van der Waals surface area contributed by atoms with Gasteiger partial charge in [0.25, 0.3) is 0 Å². The van der Waals surface area contributed by atoms with Gasteiger partial charge in [0.15, 0.2) is 0 Å². The molecule has 19 heteroatoms. The summed E-state index contributed by atoms with van der Waals surface area (Å²) in [6.07, 6.45) is 0. The van der Waals surface area contributed by atoms with Crippen molar-refractivity contribution in [3.8, 4) is 0 Å². The van der Waals surface area contributed by atoms with E-state index in [2.05, 4.69) is 0 Å². The van der Waals surface area contributed by atoms with Gasteiger partial charge in [-0.1, -0.05) is 0 Å². The van der Waals surface area contributed by atoms with Crippen molar-refractivity contribution in [3.05, 3.63) is 30.6 Å². The molecule has 0 amide bonds. The molecule has 120 valence electrons. The average Bonchev–Trinajstić information content (AvgIpc) is 1.25. The van der Waals surface area contributed by atoms with Crippen LogP contribution in [0.15, 0.2) is 0 Å². The van der Waals surface area contributed by atoms with Crippen molar-refractivity contribution in [2.75, 3.05) is 0 Å². The minimum absolute atomic E-state index is 0. The second-order valence-electron chi connectivity index (χ2n) is 0.447. The van der Waals surface area contributed by atoms with Crippen LogP contribution in [0.25, 0.3) is 0 Å². The van der Waals surface area contributed by atoms with Crippen molar-refractivity contribution >= 4 is 34.7 Å². The van der Waals surface area contributed by atoms with Crippen LogP contribution in [-0.2, 0) is 0 Å². The molecule has 0 atom stereocenters. The van der Waals surface area contributed by atoms with Crippen LogP contribution in [0.4, 0.5) is 0 Å². The van der Waals surface area contributed by atoms with Crippen molar-refractivity contribution in [2.24, 2.45) is 0 Å². The van der Waals surface area contributed by atoms with Crippen molar-refractivity contribution < 1.29 is 59.5 Å². The Morgan fingerprint density at radius 1 is 0.421 bits per heavy atom. The van der Waals surface area contributed by atoms with E-state index in [-0.39, 0.29) is 84.0 Å². The Morgan fingerprint density at radius 2 is 0.421 bits per heavy atom. The molecule has 19 heavy (non-hydrogen) atoms. The molecule has 0 aromatic carbocycles. The van der Waals surface area contributed by atoms with Crippen LogP contribution in [-0.4, -0.2) is 94.2 Å². The van der Waals surface area contributed by atoms with E-state index in [0.29, 0.717) is 0 Å². The summed E-state index contributed by atoms with van der Waals surface area (Å²) >= 11 is 0. The number of nitrogens with zero attached hydrogens (tertiary/aromatic N) is 2. The zero-order valence-corrected chi connectivity index (χ0v) is 11.3. The van der Waals surface area contributed by atoms with E-state index in [1.165, 1.54) is 0 Å². The maximum absolute atomic E-state index is 8.25. The maximum Gasteiger partial charge on any atom is 3.00 e. The Labute approximate surface area is 125 Å². The third kappa shape index (κ3) is 4870. The smallest absolute Gasteiger partial charge is 0.412 e. The fourth-order valence-corrected chi connectivity index (χ4v) is 0. The third-order valence-corrected chi connectivity index (χ3v) is 0. The van der Waals surface area contributed by atoms with E-state index in [1.54, 1.807) is 0 Å².